The van der Waals surface area contributed by atoms with E-state index in [1.807, 2.05) is 6.07 Å². The van der Waals surface area contributed by atoms with Crippen molar-refractivity contribution in [3.63, 3.8) is 0 Å². The molecule has 36 heavy (non-hydrogen) atoms. The topological polar surface area (TPSA) is 16.4 Å². The monoisotopic (exact) mass is 591 g/mol. The summed E-state index contributed by atoms with van der Waals surface area (Å²) in [6.45, 7) is 0. The highest BCUT2D eigenvalue weighted by atomic mass is 79.9. The van der Waals surface area contributed by atoms with Crippen molar-refractivity contribution in [2.24, 2.45) is 0 Å². The number of rotatable bonds is 4. The molecule has 0 saturated heterocycles. The van der Waals surface area contributed by atoms with E-state index in [0.717, 1.165) is 37.2 Å². The molecule has 0 N–H and O–H groups in total. The van der Waals surface area contributed by atoms with Crippen molar-refractivity contribution in [3.8, 4) is 11.1 Å². The Kier molecular flexibility index (Phi) is 5.12. The molecule has 172 valence electrons. The van der Waals surface area contributed by atoms with Crippen LogP contribution in [0.1, 0.15) is 0 Å². The molecule has 0 aliphatic rings. The van der Waals surface area contributed by atoms with E-state index in [4.69, 9.17) is 4.42 Å². The van der Waals surface area contributed by atoms with Gasteiger partial charge in [-0.2, -0.15) is 0 Å². The van der Waals surface area contributed by atoms with Gasteiger partial charge in [0.2, 0.25) is 0 Å². The van der Waals surface area contributed by atoms with Crippen molar-refractivity contribution >= 4 is 81.6 Å². The number of fused-ring (bicyclic) bond motifs is 6. The minimum Gasteiger partial charge on any atom is -0.456 e. The summed E-state index contributed by atoms with van der Waals surface area (Å²) in [6, 6.07) is 40.8. The molecule has 0 radical (unpaired) electrons. The van der Waals surface area contributed by atoms with Gasteiger partial charge < -0.3 is 9.32 Å². The second-order valence-corrected chi connectivity index (χ2v) is 10.7. The smallest absolute Gasteiger partial charge is 0.135 e. The number of anilines is 3. The summed E-state index contributed by atoms with van der Waals surface area (Å²) in [5.74, 6) is 0. The molecule has 7 rings (SSSR count). The van der Waals surface area contributed by atoms with Crippen molar-refractivity contribution in [1.29, 1.82) is 0 Å². The van der Waals surface area contributed by atoms with Crippen molar-refractivity contribution in [1.82, 2.24) is 0 Å². The van der Waals surface area contributed by atoms with Crippen LogP contribution in [0.3, 0.4) is 0 Å². The molecule has 2 aromatic heterocycles. The zero-order chi connectivity index (χ0) is 24.2. The Bertz CT molecular complexity index is 1810. The molecule has 0 saturated carbocycles. The first-order chi connectivity index (χ1) is 17.7. The quantitative estimate of drug-likeness (QED) is 0.202. The Morgan fingerprint density at radius 3 is 1.78 bits per heavy atom. The molecule has 7 aromatic rings. The summed E-state index contributed by atoms with van der Waals surface area (Å²) in [6.07, 6.45) is 0. The molecule has 0 aliphatic heterocycles. The first-order valence-electron chi connectivity index (χ1n) is 11.7. The first-order valence-corrected chi connectivity index (χ1v) is 13.3. The van der Waals surface area contributed by atoms with Gasteiger partial charge in [0.25, 0.3) is 0 Å². The summed E-state index contributed by atoms with van der Waals surface area (Å²) in [7, 11) is 0. The molecule has 2 heterocycles. The van der Waals surface area contributed by atoms with Gasteiger partial charge in [-0.3, -0.25) is 0 Å². The molecular weight excluding hydrogens is 574 g/mol. The molecule has 0 atom stereocenters. The third-order valence-corrected chi connectivity index (χ3v) is 7.84. The number of benzene rings is 6. The average molecular weight is 593 g/mol. The van der Waals surface area contributed by atoms with E-state index in [1.165, 1.54) is 32.7 Å². The lowest BCUT2D eigenvalue weighted by molar-refractivity contribution is 0.679. The van der Waals surface area contributed by atoms with Gasteiger partial charge in [0, 0.05) is 36.5 Å². The molecule has 0 spiro atoms. The van der Waals surface area contributed by atoms with Crippen molar-refractivity contribution in [2.45, 2.75) is 0 Å². The van der Waals surface area contributed by atoms with E-state index in [0.29, 0.717) is 0 Å². The maximum Gasteiger partial charge on any atom is 0.135 e. The van der Waals surface area contributed by atoms with E-state index in [-0.39, 0.29) is 0 Å². The summed E-state index contributed by atoms with van der Waals surface area (Å²) >= 11 is 7.17. The van der Waals surface area contributed by atoms with Crippen molar-refractivity contribution < 1.29 is 4.42 Å². The number of hydrogen-bond donors (Lipinski definition) is 0. The van der Waals surface area contributed by atoms with Gasteiger partial charge in [0.15, 0.2) is 0 Å². The Morgan fingerprint density at radius 1 is 0.500 bits per heavy atom. The fraction of sp³-hybridized carbons (Fsp3) is 0. The van der Waals surface area contributed by atoms with E-state index >= 15 is 0 Å². The zero-order valence-corrected chi connectivity index (χ0v) is 22.3. The molecule has 0 unspecified atom stereocenters. The number of hydrogen-bond acceptors (Lipinski definition) is 2. The highest BCUT2D eigenvalue weighted by molar-refractivity contribution is 9.10. The van der Waals surface area contributed by atoms with Gasteiger partial charge in [0.05, 0.1) is 5.69 Å². The zero-order valence-electron chi connectivity index (χ0n) is 19.1. The fourth-order valence-electron chi connectivity index (χ4n) is 5.10. The second kappa shape index (κ2) is 8.51. The Balaban J connectivity index is 1.44. The van der Waals surface area contributed by atoms with Gasteiger partial charge in [-0.25, -0.2) is 0 Å². The molecule has 0 aliphatic carbocycles. The van der Waals surface area contributed by atoms with Gasteiger partial charge >= 0.3 is 0 Å². The van der Waals surface area contributed by atoms with Crippen LogP contribution in [0.4, 0.5) is 17.1 Å². The predicted molar refractivity (Wildman–Crippen MR) is 158 cm³/mol. The Morgan fingerprint density at radius 2 is 1.11 bits per heavy atom. The summed E-state index contributed by atoms with van der Waals surface area (Å²) < 4.78 is 8.01. The number of nitrogens with zero attached hydrogens (tertiary/aromatic N) is 1. The van der Waals surface area contributed by atoms with E-state index in [9.17, 15) is 0 Å². The van der Waals surface area contributed by atoms with Crippen LogP contribution in [-0.2, 0) is 0 Å². The van der Waals surface area contributed by atoms with Crippen molar-refractivity contribution in [3.05, 3.63) is 124 Å². The van der Waals surface area contributed by atoms with Crippen LogP contribution in [0, 0.1) is 0 Å². The Labute approximate surface area is 225 Å². The van der Waals surface area contributed by atoms with Crippen LogP contribution in [-0.4, -0.2) is 0 Å². The number of halogens is 2. The Hall–Kier alpha value is -3.60. The lowest BCUT2D eigenvalue weighted by Gasteiger charge is -2.27. The highest BCUT2D eigenvalue weighted by Crippen LogP contribution is 2.43. The first kappa shape index (κ1) is 21.7. The van der Waals surface area contributed by atoms with Gasteiger partial charge in [-0.05, 0) is 95.4 Å². The third-order valence-electron chi connectivity index (χ3n) is 6.78. The van der Waals surface area contributed by atoms with Crippen LogP contribution in [0.2, 0.25) is 0 Å². The van der Waals surface area contributed by atoms with Gasteiger partial charge in [-0.15, -0.1) is 0 Å². The van der Waals surface area contributed by atoms with Crippen LogP contribution >= 0.6 is 31.9 Å². The minimum absolute atomic E-state index is 0.944. The molecule has 5 aromatic carbocycles. The summed E-state index contributed by atoms with van der Waals surface area (Å²) in [4.78, 5) is 2.32. The summed E-state index contributed by atoms with van der Waals surface area (Å²) in [5.41, 5.74) is 7.63. The van der Waals surface area contributed by atoms with Crippen LogP contribution < -0.4 is 4.90 Å². The fourth-order valence-corrected chi connectivity index (χ4v) is 5.62. The number of furan rings is 2. The molecule has 2 bridgehead atoms. The van der Waals surface area contributed by atoms with Crippen LogP contribution in [0.25, 0.3) is 43.8 Å². The third kappa shape index (κ3) is 3.52. The van der Waals surface area contributed by atoms with Gasteiger partial charge in [-0.1, -0.05) is 68.3 Å². The van der Waals surface area contributed by atoms with E-state index in [1.54, 1.807) is 0 Å². The molecular formula is C32H19Br2NO. The normalized spacial score (nSPS) is 11.6. The second-order valence-electron chi connectivity index (χ2n) is 8.89. The van der Waals surface area contributed by atoms with Crippen molar-refractivity contribution in [2.75, 3.05) is 4.90 Å². The van der Waals surface area contributed by atoms with Crippen LogP contribution in [0.15, 0.2) is 129 Å². The molecule has 2 nitrogen and oxygen atoms in total. The lowest BCUT2D eigenvalue weighted by atomic mass is 9.95. The van der Waals surface area contributed by atoms with E-state index < -0.39 is 0 Å². The average Bonchev–Trinajstić information content (AvgIpc) is 3.54. The SMILES string of the molecule is Brc1ccc(N(c2ccc(Br)cc2)c2ccc(-c3ccc4c5ccc(o5)c4c3)c3ccccc23)cc1. The standard InChI is InChI=1S/C32H19Br2NO/c33-21-6-10-23(11-7-21)35(24-12-8-22(34)9-13-24)30-16-15-25(26-3-1-2-4-27(26)30)20-5-14-28-29(19-20)32-18-17-31(28)36-32/h1-19H. The minimum atomic E-state index is 0.944. The maximum atomic E-state index is 5.90. The van der Waals surface area contributed by atoms with E-state index in [2.05, 4.69) is 146 Å². The maximum absolute atomic E-state index is 5.90. The molecule has 4 heteroatoms. The largest absolute Gasteiger partial charge is 0.456 e. The lowest BCUT2D eigenvalue weighted by Crippen LogP contribution is -2.10. The highest BCUT2D eigenvalue weighted by Gasteiger charge is 2.18. The van der Waals surface area contributed by atoms with Crippen LogP contribution in [0.5, 0.6) is 0 Å². The molecule has 0 amide bonds. The summed E-state index contributed by atoms with van der Waals surface area (Å²) in [5, 5.41) is 4.76. The molecule has 0 fully saturated rings. The predicted octanol–water partition coefficient (Wildman–Crippen LogP) is 10.8. The van der Waals surface area contributed by atoms with Gasteiger partial charge in [0.1, 0.15) is 11.2 Å².